The van der Waals surface area contributed by atoms with Crippen molar-refractivity contribution in [1.29, 1.82) is 0 Å². The van der Waals surface area contributed by atoms with Crippen LogP contribution in [0, 0.1) is 5.82 Å². The first-order valence-electron chi connectivity index (χ1n) is 8.29. The van der Waals surface area contributed by atoms with Gasteiger partial charge in [0.05, 0.1) is 28.4 Å². The number of esters is 1. The molecule has 0 heterocycles. The maximum Gasteiger partial charge on any atom is 0.306 e. The van der Waals surface area contributed by atoms with Crippen LogP contribution in [-0.4, -0.2) is 34.4 Å². The molecule has 0 radical (unpaired) electrons. The number of rotatable bonds is 9. The summed E-state index contributed by atoms with van der Waals surface area (Å²) in [4.78, 5) is 12.1. The second-order valence-corrected chi connectivity index (χ2v) is 5.65. The standard InChI is InChI=1S/C20H23FO6/c1-23-16-7-6-15(21)11-14(16)12-27-19(22)8-5-13-9-17(24-2)20(26-4)18(10-13)25-3/h6-7,9-11H,5,8,12H2,1-4H3. The molecule has 0 fully saturated rings. The Bertz CT molecular complexity index is 765. The number of carbonyl (C=O) groups excluding carboxylic acids is 1. The van der Waals surface area contributed by atoms with Crippen LogP contribution in [-0.2, 0) is 22.6 Å². The van der Waals surface area contributed by atoms with E-state index in [1.165, 1.54) is 46.6 Å². The average Bonchev–Trinajstić information content (AvgIpc) is 2.69. The van der Waals surface area contributed by atoms with Crippen LogP contribution in [0.25, 0.3) is 0 Å². The molecule has 2 rings (SSSR count). The molecule has 7 heteroatoms. The molecule has 0 amide bonds. The van der Waals surface area contributed by atoms with Crippen molar-refractivity contribution in [2.45, 2.75) is 19.4 Å². The summed E-state index contributed by atoms with van der Waals surface area (Å²) < 4.78 is 39.6. The van der Waals surface area contributed by atoms with Crippen LogP contribution in [0.5, 0.6) is 23.0 Å². The van der Waals surface area contributed by atoms with Crippen LogP contribution in [0.2, 0.25) is 0 Å². The molecular formula is C20H23FO6. The molecule has 146 valence electrons. The van der Waals surface area contributed by atoms with E-state index in [0.29, 0.717) is 35.0 Å². The Balaban J connectivity index is 1.99. The molecule has 0 aliphatic rings. The number of benzene rings is 2. The molecule has 0 unspecified atom stereocenters. The molecule has 0 bridgehead atoms. The molecule has 2 aromatic rings. The van der Waals surface area contributed by atoms with E-state index in [4.69, 9.17) is 23.7 Å². The highest BCUT2D eigenvalue weighted by molar-refractivity contribution is 5.70. The summed E-state index contributed by atoms with van der Waals surface area (Å²) in [6.07, 6.45) is 0.575. The molecule has 6 nitrogen and oxygen atoms in total. The van der Waals surface area contributed by atoms with Crippen LogP contribution in [0.4, 0.5) is 4.39 Å². The van der Waals surface area contributed by atoms with Gasteiger partial charge in [0.15, 0.2) is 11.5 Å². The topological polar surface area (TPSA) is 63.2 Å². The van der Waals surface area contributed by atoms with Gasteiger partial charge < -0.3 is 23.7 Å². The van der Waals surface area contributed by atoms with Crippen molar-refractivity contribution >= 4 is 5.97 Å². The number of aryl methyl sites for hydroxylation is 1. The number of ether oxygens (including phenoxy) is 5. The van der Waals surface area contributed by atoms with E-state index in [1.54, 1.807) is 12.1 Å². The Morgan fingerprint density at radius 2 is 1.52 bits per heavy atom. The number of hydrogen-bond acceptors (Lipinski definition) is 6. The van der Waals surface area contributed by atoms with Crippen molar-refractivity contribution in [1.82, 2.24) is 0 Å². The molecular weight excluding hydrogens is 355 g/mol. The first-order chi connectivity index (χ1) is 13.0. The first kappa shape index (κ1) is 20.4. The summed E-state index contributed by atoms with van der Waals surface area (Å²) in [5, 5.41) is 0. The van der Waals surface area contributed by atoms with Crippen molar-refractivity contribution < 1.29 is 32.9 Å². The minimum Gasteiger partial charge on any atom is -0.496 e. The Morgan fingerprint density at radius 3 is 2.07 bits per heavy atom. The minimum absolute atomic E-state index is 0.0605. The average molecular weight is 378 g/mol. The van der Waals surface area contributed by atoms with Gasteiger partial charge in [0, 0.05) is 12.0 Å². The Hall–Kier alpha value is -2.96. The van der Waals surface area contributed by atoms with Crippen LogP contribution in [0.3, 0.4) is 0 Å². The zero-order valence-electron chi connectivity index (χ0n) is 15.8. The fraction of sp³-hybridized carbons (Fsp3) is 0.350. The highest BCUT2D eigenvalue weighted by atomic mass is 19.1. The van der Waals surface area contributed by atoms with E-state index in [9.17, 15) is 9.18 Å². The highest BCUT2D eigenvalue weighted by Crippen LogP contribution is 2.38. The first-order valence-corrected chi connectivity index (χ1v) is 8.29. The van der Waals surface area contributed by atoms with Crippen molar-refractivity contribution in [3.8, 4) is 23.0 Å². The van der Waals surface area contributed by atoms with Crippen molar-refractivity contribution in [3.63, 3.8) is 0 Å². The van der Waals surface area contributed by atoms with Crippen LogP contribution in [0.15, 0.2) is 30.3 Å². The van der Waals surface area contributed by atoms with Gasteiger partial charge in [0.2, 0.25) is 5.75 Å². The van der Waals surface area contributed by atoms with E-state index in [2.05, 4.69) is 0 Å². The number of hydrogen-bond donors (Lipinski definition) is 0. The lowest BCUT2D eigenvalue weighted by molar-refractivity contribution is -0.144. The van der Waals surface area contributed by atoms with Gasteiger partial charge in [0.1, 0.15) is 18.2 Å². The summed E-state index contributed by atoms with van der Waals surface area (Å²) in [5.74, 6) is 1.17. The monoisotopic (exact) mass is 378 g/mol. The van der Waals surface area contributed by atoms with Gasteiger partial charge in [-0.3, -0.25) is 4.79 Å². The number of carbonyl (C=O) groups is 1. The van der Waals surface area contributed by atoms with Crippen LogP contribution < -0.4 is 18.9 Å². The zero-order valence-corrected chi connectivity index (χ0v) is 15.8. The molecule has 0 N–H and O–H groups in total. The minimum atomic E-state index is -0.417. The third-order valence-corrected chi connectivity index (χ3v) is 3.97. The largest absolute Gasteiger partial charge is 0.496 e. The van der Waals surface area contributed by atoms with E-state index < -0.39 is 11.8 Å². The molecule has 0 spiro atoms. The van der Waals surface area contributed by atoms with Gasteiger partial charge in [-0.1, -0.05) is 0 Å². The summed E-state index contributed by atoms with van der Waals surface area (Å²) in [6.45, 7) is -0.0605. The normalized spacial score (nSPS) is 10.3. The molecule has 0 aromatic heterocycles. The van der Waals surface area contributed by atoms with Gasteiger partial charge in [0.25, 0.3) is 0 Å². The molecule has 0 saturated carbocycles. The summed E-state index contributed by atoms with van der Waals surface area (Å²) in [5.41, 5.74) is 1.31. The lowest BCUT2D eigenvalue weighted by Gasteiger charge is -2.14. The molecule has 0 atom stereocenters. The summed E-state index contributed by atoms with van der Waals surface area (Å²) in [6, 6.07) is 7.63. The van der Waals surface area contributed by atoms with E-state index in [0.717, 1.165) is 5.56 Å². The fourth-order valence-corrected chi connectivity index (χ4v) is 2.62. The Morgan fingerprint density at radius 1 is 0.889 bits per heavy atom. The van der Waals surface area contributed by atoms with Crippen molar-refractivity contribution in [2.75, 3.05) is 28.4 Å². The van der Waals surface area contributed by atoms with Gasteiger partial charge >= 0.3 is 5.97 Å². The van der Waals surface area contributed by atoms with E-state index >= 15 is 0 Å². The quantitative estimate of drug-likeness (QED) is 0.622. The summed E-state index contributed by atoms with van der Waals surface area (Å²) >= 11 is 0. The maximum absolute atomic E-state index is 13.4. The predicted molar refractivity (Wildman–Crippen MR) is 97.2 cm³/mol. The lowest BCUT2D eigenvalue weighted by atomic mass is 10.1. The second kappa shape index (κ2) is 9.66. The third kappa shape index (κ3) is 5.26. The SMILES string of the molecule is COc1ccc(F)cc1COC(=O)CCc1cc(OC)c(OC)c(OC)c1. The Labute approximate surface area is 157 Å². The predicted octanol–water partition coefficient (Wildman–Crippen LogP) is 3.54. The van der Waals surface area contributed by atoms with Crippen molar-refractivity contribution in [2.24, 2.45) is 0 Å². The molecule has 0 aliphatic heterocycles. The van der Waals surface area contributed by atoms with Crippen LogP contribution >= 0.6 is 0 Å². The molecule has 0 saturated heterocycles. The van der Waals surface area contributed by atoms with E-state index in [-0.39, 0.29) is 13.0 Å². The maximum atomic E-state index is 13.4. The zero-order chi connectivity index (χ0) is 19.8. The van der Waals surface area contributed by atoms with E-state index in [1.807, 2.05) is 0 Å². The van der Waals surface area contributed by atoms with Gasteiger partial charge in [-0.05, 0) is 42.3 Å². The Kier molecular flexibility index (Phi) is 7.28. The number of methoxy groups -OCH3 is 4. The third-order valence-electron chi connectivity index (χ3n) is 3.97. The summed E-state index contributed by atoms with van der Waals surface area (Å²) in [7, 11) is 6.06. The smallest absolute Gasteiger partial charge is 0.306 e. The fourth-order valence-electron chi connectivity index (χ4n) is 2.62. The molecule has 27 heavy (non-hydrogen) atoms. The molecule has 2 aromatic carbocycles. The van der Waals surface area contributed by atoms with Gasteiger partial charge in [-0.15, -0.1) is 0 Å². The van der Waals surface area contributed by atoms with Gasteiger partial charge in [-0.25, -0.2) is 4.39 Å². The highest BCUT2D eigenvalue weighted by Gasteiger charge is 2.14. The van der Waals surface area contributed by atoms with Gasteiger partial charge in [-0.2, -0.15) is 0 Å². The van der Waals surface area contributed by atoms with Crippen LogP contribution in [0.1, 0.15) is 17.5 Å². The lowest BCUT2D eigenvalue weighted by Crippen LogP contribution is -2.07. The number of halogens is 1. The van der Waals surface area contributed by atoms with Crippen molar-refractivity contribution in [3.05, 3.63) is 47.3 Å². The molecule has 0 aliphatic carbocycles. The second-order valence-electron chi connectivity index (χ2n) is 5.65.